The number of hydrogen-bond acceptors (Lipinski definition) is 2. The number of benzene rings is 3. The topological polar surface area (TPSA) is 21.3 Å². The van der Waals surface area contributed by atoms with Crippen molar-refractivity contribution in [2.75, 3.05) is 0 Å². The summed E-state index contributed by atoms with van der Waals surface area (Å²) in [4.78, 5) is 0. The van der Waals surface area contributed by atoms with Gasteiger partial charge in [0.15, 0.2) is 0 Å². The Morgan fingerprint density at radius 1 is 1.00 bits per heavy atom. The first-order chi connectivity index (χ1) is 11.2. The first-order valence-corrected chi connectivity index (χ1v) is 8.64. The van der Waals surface area contributed by atoms with Crippen LogP contribution in [-0.4, -0.2) is 0 Å². The van der Waals surface area contributed by atoms with E-state index in [4.69, 9.17) is 4.74 Å². The van der Waals surface area contributed by atoms with E-state index in [9.17, 15) is 0 Å². The second kappa shape index (κ2) is 5.99. The van der Waals surface area contributed by atoms with Crippen molar-refractivity contribution in [3.63, 3.8) is 0 Å². The van der Waals surface area contributed by atoms with Gasteiger partial charge in [0, 0.05) is 22.9 Å². The van der Waals surface area contributed by atoms with Crippen molar-refractivity contribution in [3.8, 4) is 5.75 Å². The Bertz CT molecular complexity index is 878. The molecule has 0 spiro atoms. The highest BCUT2D eigenvalue weighted by atomic mass is 79.9. The van der Waals surface area contributed by atoms with E-state index >= 15 is 0 Å². The summed E-state index contributed by atoms with van der Waals surface area (Å²) in [5, 5.41) is 6.02. The largest absolute Gasteiger partial charge is 0.488 e. The van der Waals surface area contributed by atoms with Gasteiger partial charge in [0.05, 0.1) is 0 Å². The zero-order valence-electron chi connectivity index (χ0n) is 13.0. The molecule has 0 atom stereocenters. The molecule has 2 nitrogen and oxygen atoms in total. The first-order valence-electron chi connectivity index (χ1n) is 7.85. The van der Waals surface area contributed by atoms with Crippen LogP contribution in [0.3, 0.4) is 0 Å². The van der Waals surface area contributed by atoms with E-state index in [1.165, 1.54) is 33.0 Å². The molecular weight excluding hydrogens is 350 g/mol. The predicted octanol–water partition coefficient (Wildman–Crippen LogP) is 5.09. The minimum Gasteiger partial charge on any atom is -0.488 e. The second-order valence-corrected chi connectivity index (χ2v) is 6.83. The number of rotatable bonds is 3. The molecule has 0 unspecified atom stereocenters. The van der Waals surface area contributed by atoms with Gasteiger partial charge in [-0.3, -0.25) is 0 Å². The van der Waals surface area contributed by atoms with Crippen LogP contribution in [0.25, 0.3) is 10.8 Å². The molecule has 0 saturated heterocycles. The molecule has 4 rings (SSSR count). The van der Waals surface area contributed by atoms with Crippen LogP contribution in [0, 0.1) is 6.92 Å². The van der Waals surface area contributed by atoms with Gasteiger partial charge in [0.1, 0.15) is 12.4 Å². The lowest BCUT2D eigenvalue weighted by Crippen LogP contribution is -2.18. The molecule has 1 heterocycles. The summed E-state index contributed by atoms with van der Waals surface area (Å²) >= 11 is 3.59. The third kappa shape index (κ3) is 2.64. The summed E-state index contributed by atoms with van der Waals surface area (Å²) in [6.45, 7) is 4.56. The number of halogens is 1. The highest BCUT2D eigenvalue weighted by molar-refractivity contribution is 9.10. The highest BCUT2D eigenvalue weighted by Crippen LogP contribution is 2.33. The van der Waals surface area contributed by atoms with Gasteiger partial charge in [-0.15, -0.1) is 0 Å². The van der Waals surface area contributed by atoms with E-state index in [0.29, 0.717) is 6.61 Å². The molecule has 0 fully saturated rings. The molecule has 0 aromatic heterocycles. The molecule has 3 aromatic carbocycles. The Kier molecular flexibility index (Phi) is 3.83. The lowest BCUT2D eigenvalue weighted by Gasteiger charge is -2.20. The van der Waals surface area contributed by atoms with Crippen LogP contribution in [-0.2, 0) is 19.7 Å². The zero-order valence-corrected chi connectivity index (χ0v) is 14.6. The molecule has 0 amide bonds. The quantitative estimate of drug-likeness (QED) is 0.695. The van der Waals surface area contributed by atoms with Crippen molar-refractivity contribution >= 4 is 26.7 Å². The molecule has 1 aliphatic rings. The van der Waals surface area contributed by atoms with Gasteiger partial charge >= 0.3 is 0 Å². The minimum atomic E-state index is 0.586. The van der Waals surface area contributed by atoms with Crippen LogP contribution in [0.1, 0.15) is 22.3 Å². The van der Waals surface area contributed by atoms with Gasteiger partial charge < -0.3 is 10.1 Å². The monoisotopic (exact) mass is 367 g/mol. The first kappa shape index (κ1) is 14.7. The fourth-order valence-corrected chi connectivity index (χ4v) is 3.66. The van der Waals surface area contributed by atoms with Gasteiger partial charge in [-0.25, -0.2) is 0 Å². The van der Waals surface area contributed by atoms with Crippen molar-refractivity contribution in [3.05, 3.63) is 75.3 Å². The number of hydrogen-bond donors (Lipinski definition) is 1. The number of ether oxygens (including phenoxy) is 1. The molecule has 0 radical (unpaired) electrons. The number of nitrogens with one attached hydrogen (secondary N) is 1. The molecule has 0 aliphatic carbocycles. The van der Waals surface area contributed by atoms with Gasteiger partial charge in [0.2, 0.25) is 0 Å². The standard InChI is InChI=1S/C20H18BrNO/c1-13-16(5-3-7-18(13)21)12-23-19-9-8-15-11-22-10-14-4-2-6-17(19)20(14)15/h2-9,22H,10-12H2,1H3. The highest BCUT2D eigenvalue weighted by Gasteiger charge is 2.14. The molecule has 116 valence electrons. The van der Waals surface area contributed by atoms with E-state index in [2.05, 4.69) is 76.7 Å². The van der Waals surface area contributed by atoms with E-state index in [1.54, 1.807) is 0 Å². The smallest absolute Gasteiger partial charge is 0.127 e. The Labute approximate surface area is 144 Å². The third-order valence-corrected chi connectivity index (χ3v) is 5.43. The predicted molar refractivity (Wildman–Crippen MR) is 97.7 cm³/mol. The molecule has 3 aromatic rings. The van der Waals surface area contributed by atoms with Crippen molar-refractivity contribution in [2.24, 2.45) is 0 Å². The minimum absolute atomic E-state index is 0.586. The van der Waals surface area contributed by atoms with Crippen molar-refractivity contribution < 1.29 is 4.74 Å². The lowest BCUT2D eigenvalue weighted by molar-refractivity contribution is 0.309. The summed E-state index contributed by atoms with van der Waals surface area (Å²) < 4.78 is 7.30. The summed E-state index contributed by atoms with van der Waals surface area (Å²) in [5.74, 6) is 0.965. The van der Waals surface area contributed by atoms with E-state index < -0.39 is 0 Å². The Hall–Kier alpha value is -1.84. The summed E-state index contributed by atoms with van der Waals surface area (Å²) in [6.07, 6.45) is 0. The SMILES string of the molecule is Cc1c(Br)cccc1COc1ccc2c3c(cccc13)CNC2. The molecule has 0 bridgehead atoms. The molecule has 1 N–H and O–H groups in total. The van der Waals surface area contributed by atoms with E-state index in [1.807, 2.05) is 0 Å². The van der Waals surface area contributed by atoms with Crippen LogP contribution < -0.4 is 10.1 Å². The normalized spacial score (nSPS) is 13.3. The molecule has 23 heavy (non-hydrogen) atoms. The van der Waals surface area contributed by atoms with E-state index in [0.717, 1.165) is 23.3 Å². The van der Waals surface area contributed by atoms with Crippen molar-refractivity contribution in [2.45, 2.75) is 26.6 Å². The molecule has 3 heteroatoms. The molecular formula is C20H18BrNO. The summed E-state index contributed by atoms with van der Waals surface area (Å²) in [6, 6.07) is 17.0. The zero-order chi connectivity index (χ0) is 15.8. The maximum absolute atomic E-state index is 6.18. The van der Waals surface area contributed by atoms with Gasteiger partial charge in [-0.05, 0) is 46.7 Å². The Balaban J connectivity index is 1.71. The summed E-state index contributed by atoms with van der Waals surface area (Å²) in [7, 11) is 0. The fraction of sp³-hybridized carbons (Fsp3) is 0.200. The third-order valence-electron chi connectivity index (χ3n) is 4.57. The van der Waals surface area contributed by atoms with Crippen molar-refractivity contribution in [1.29, 1.82) is 0 Å². The van der Waals surface area contributed by atoms with E-state index in [-0.39, 0.29) is 0 Å². The van der Waals surface area contributed by atoms with Crippen LogP contribution in [0.4, 0.5) is 0 Å². The Morgan fingerprint density at radius 3 is 2.65 bits per heavy atom. The van der Waals surface area contributed by atoms with Gasteiger partial charge in [-0.2, -0.15) is 0 Å². The van der Waals surface area contributed by atoms with Crippen LogP contribution in [0.15, 0.2) is 53.0 Å². The van der Waals surface area contributed by atoms with Crippen LogP contribution in [0.2, 0.25) is 0 Å². The van der Waals surface area contributed by atoms with Gasteiger partial charge in [0.25, 0.3) is 0 Å². The molecule has 0 saturated carbocycles. The second-order valence-electron chi connectivity index (χ2n) is 5.98. The van der Waals surface area contributed by atoms with Crippen LogP contribution >= 0.6 is 15.9 Å². The average molecular weight is 368 g/mol. The Morgan fingerprint density at radius 2 is 1.78 bits per heavy atom. The summed E-state index contributed by atoms with van der Waals surface area (Å²) in [5.41, 5.74) is 5.15. The van der Waals surface area contributed by atoms with Gasteiger partial charge in [-0.1, -0.05) is 52.3 Å². The fourth-order valence-electron chi connectivity index (χ4n) is 3.25. The maximum atomic E-state index is 6.18. The van der Waals surface area contributed by atoms with Crippen LogP contribution in [0.5, 0.6) is 5.75 Å². The van der Waals surface area contributed by atoms with Crippen molar-refractivity contribution in [1.82, 2.24) is 5.32 Å². The molecule has 1 aliphatic heterocycles. The maximum Gasteiger partial charge on any atom is 0.127 e. The lowest BCUT2D eigenvalue weighted by atomic mass is 9.96. The average Bonchev–Trinajstić information content (AvgIpc) is 2.58.